The third-order valence-electron chi connectivity index (χ3n) is 4.19. The van der Waals surface area contributed by atoms with Crippen molar-refractivity contribution in [3.05, 3.63) is 63.6 Å². The molecule has 0 unspecified atom stereocenters. The summed E-state index contributed by atoms with van der Waals surface area (Å²) in [4.78, 5) is 25.7. The van der Waals surface area contributed by atoms with Crippen LogP contribution < -0.4 is 4.74 Å². The maximum absolute atomic E-state index is 12.4. The molecule has 130 valence electrons. The molecule has 0 saturated heterocycles. The summed E-state index contributed by atoms with van der Waals surface area (Å²) in [5.41, 5.74) is 2.90. The number of halogens is 1. The molecule has 0 atom stereocenters. The summed E-state index contributed by atoms with van der Waals surface area (Å²) in [6.07, 6.45) is 0.861. The highest BCUT2D eigenvalue weighted by molar-refractivity contribution is 9.10. The topological polar surface area (TPSA) is 55.8 Å². The zero-order valence-corrected chi connectivity index (χ0v) is 15.4. The van der Waals surface area contributed by atoms with Crippen LogP contribution in [0.15, 0.2) is 46.9 Å². The van der Waals surface area contributed by atoms with E-state index in [1.54, 1.807) is 23.1 Å². The molecule has 6 heteroatoms. The molecule has 25 heavy (non-hydrogen) atoms. The number of fused-ring (bicyclic) bond motifs is 1. The zero-order valence-electron chi connectivity index (χ0n) is 13.8. The number of esters is 1. The van der Waals surface area contributed by atoms with Crippen LogP contribution >= 0.6 is 15.9 Å². The molecule has 0 aromatic heterocycles. The van der Waals surface area contributed by atoms with Crippen LogP contribution in [0.5, 0.6) is 5.75 Å². The average molecular weight is 404 g/mol. The molecule has 0 bridgehead atoms. The molecular weight excluding hydrogens is 386 g/mol. The van der Waals surface area contributed by atoms with Crippen molar-refractivity contribution in [1.29, 1.82) is 0 Å². The molecule has 1 aliphatic heterocycles. The van der Waals surface area contributed by atoms with Crippen molar-refractivity contribution >= 4 is 27.8 Å². The first kappa shape index (κ1) is 17.5. The molecule has 1 amide bonds. The second-order valence-corrected chi connectivity index (χ2v) is 6.61. The SMILES string of the molecule is COC(=O)c1ccc(OCC(=O)N2CCc3ccccc3C2)c(Br)c1. The fourth-order valence-corrected chi connectivity index (χ4v) is 3.30. The van der Waals surface area contributed by atoms with E-state index in [2.05, 4.69) is 32.8 Å². The van der Waals surface area contributed by atoms with Crippen LogP contribution in [0.25, 0.3) is 0 Å². The lowest BCUT2D eigenvalue weighted by Crippen LogP contribution is -2.38. The number of rotatable bonds is 4. The molecule has 0 spiro atoms. The summed E-state index contributed by atoms with van der Waals surface area (Å²) < 4.78 is 10.9. The minimum absolute atomic E-state index is 0.0433. The van der Waals surface area contributed by atoms with Gasteiger partial charge in [0.25, 0.3) is 5.91 Å². The van der Waals surface area contributed by atoms with E-state index in [4.69, 9.17) is 4.74 Å². The molecule has 0 fully saturated rings. The Bertz CT molecular complexity index is 806. The van der Waals surface area contributed by atoms with Crippen LogP contribution in [0.1, 0.15) is 21.5 Å². The Morgan fingerprint density at radius 3 is 2.64 bits per heavy atom. The number of carbonyl (C=O) groups excluding carboxylic acids is 2. The van der Waals surface area contributed by atoms with Gasteiger partial charge in [0.05, 0.1) is 17.1 Å². The Hall–Kier alpha value is -2.34. The summed E-state index contributed by atoms with van der Waals surface area (Å²) in [6, 6.07) is 13.0. The quantitative estimate of drug-likeness (QED) is 0.735. The molecule has 5 nitrogen and oxygen atoms in total. The molecule has 2 aromatic carbocycles. The fourth-order valence-electron chi connectivity index (χ4n) is 2.80. The molecule has 3 rings (SSSR count). The summed E-state index contributed by atoms with van der Waals surface area (Å²) in [7, 11) is 1.33. The highest BCUT2D eigenvalue weighted by atomic mass is 79.9. The number of hydrogen-bond donors (Lipinski definition) is 0. The van der Waals surface area contributed by atoms with E-state index in [0.29, 0.717) is 28.9 Å². The predicted octanol–water partition coefficient (Wildman–Crippen LogP) is 3.20. The molecule has 0 aliphatic carbocycles. The number of hydrogen-bond acceptors (Lipinski definition) is 4. The Morgan fingerprint density at radius 1 is 1.16 bits per heavy atom. The Morgan fingerprint density at radius 2 is 1.92 bits per heavy atom. The van der Waals surface area contributed by atoms with Gasteiger partial charge in [-0.25, -0.2) is 4.79 Å². The number of nitrogens with zero attached hydrogens (tertiary/aromatic N) is 1. The minimum Gasteiger partial charge on any atom is -0.483 e. The van der Waals surface area contributed by atoms with Crippen molar-refractivity contribution in [2.24, 2.45) is 0 Å². The second-order valence-electron chi connectivity index (χ2n) is 5.76. The van der Waals surface area contributed by atoms with Gasteiger partial charge < -0.3 is 14.4 Å². The van der Waals surface area contributed by atoms with Crippen LogP contribution in [0.4, 0.5) is 0 Å². The maximum atomic E-state index is 12.4. The standard InChI is InChI=1S/C19H18BrNO4/c1-24-19(23)14-6-7-17(16(20)10-14)25-12-18(22)21-9-8-13-4-2-3-5-15(13)11-21/h2-7,10H,8-9,11-12H2,1H3. The van der Waals surface area contributed by atoms with Gasteiger partial charge in [0.1, 0.15) is 5.75 Å². The Kier molecular flexibility index (Phi) is 5.38. The zero-order chi connectivity index (χ0) is 17.8. The largest absolute Gasteiger partial charge is 0.483 e. The van der Waals surface area contributed by atoms with Gasteiger partial charge in [0.15, 0.2) is 6.61 Å². The van der Waals surface area contributed by atoms with Crippen molar-refractivity contribution in [3.8, 4) is 5.75 Å². The molecule has 0 N–H and O–H groups in total. The fraction of sp³-hybridized carbons (Fsp3) is 0.263. The number of methoxy groups -OCH3 is 1. The normalized spacial score (nSPS) is 13.1. The number of benzene rings is 2. The molecule has 2 aromatic rings. The van der Waals surface area contributed by atoms with Gasteiger partial charge in [-0.3, -0.25) is 4.79 Å². The van der Waals surface area contributed by atoms with Crippen LogP contribution in [0.2, 0.25) is 0 Å². The van der Waals surface area contributed by atoms with Crippen LogP contribution in [-0.2, 0) is 22.5 Å². The Balaban J connectivity index is 1.60. The number of amides is 1. The second kappa shape index (κ2) is 7.70. The van der Waals surface area contributed by atoms with Crippen molar-refractivity contribution in [3.63, 3.8) is 0 Å². The summed E-state index contributed by atoms with van der Waals surface area (Å²) in [5, 5.41) is 0. The number of ether oxygens (including phenoxy) is 2. The van der Waals surface area contributed by atoms with Crippen molar-refractivity contribution in [2.75, 3.05) is 20.3 Å². The minimum atomic E-state index is -0.421. The van der Waals surface area contributed by atoms with E-state index < -0.39 is 5.97 Å². The molecule has 0 radical (unpaired) electrons. The molecular formula is C19H18BrNO4. The first-order valence-corrected chi connectivity index (χ1v) is 8.73. The lowest BCUT2D eigenvalue weighted by molar-refractivity contribution is -0.134. The van der Waals surface area contributed by atoms with Gasteiger partial charge in [-0.05, 0) is 51.7 Å². The molecule has 1 heterocycles. The van der Waals surface area contributed by atoms with E-state index >= 15 is 0 Å². The highest BCUT2D eigenvalue weighted by Gasteiger charge is 2.21. The van der Waals surface area contributed by atoms with E-state index in [1.165, 1.54) is 18.2 Å². The lowest BCUT2D eigenvalue weighted by atomic mass is 10.00. The van der Waals surface area contributed by atoms with Crippen molar-refractivity contribution in [2.45, 2.75) is 13.0 Å². The molecule has 1 aliphatic rings. The van der Waals surface area contributed by atoms with Gasteiger partial charge >= 0.3 is 5.97 Å². The van der Waals surface area contributed by atoms with Crippen molar-refractivity contribution < 1.29 is 19.1 Å². The van der Waals surface area contributed by atoms with Gasteiger partial charge in [0.2, 0.25) is 0 Å². The molecule has 0 saturated carbocycles. The summed E-state index contributed by atoms with van der Waals surface area (Å²) in [6.45, 7) is 1.26. The van der Waals surface area contributed by atoms with Crippen LogP contribution in [0, 0.1) is 0 Å². The van der Waals surface area contributed by atoms with Gasteiger partial charge in [-0.1, -0.05) is 24.3 Å². The van der Waals surface area contributed by atoms with Crippen LogP contribution in [-0.4, -0.2) is 37.0 Å². The van der Waals surface area contributed by atoms with Gasteiger partial charge in [-0.2, -0.15) is 0 Å². The van der Waals surface area contributed by atoms with E-state index in [9.17, 15) is 9.59 Å². The Labute approximate surface area is 154 Å². The number of carbonyl (C=O) groups is 2. The predicted molar refractivity (Wildman–Crippen MR) is 96.5 cm³/mol. The van der Waals surface area contributed by atoms with E-state index in [0.717, 1.165) is 6.42 Å². The van der Waals surface area contributed by atoms with E-state index in [-0.39, 0.29) is 12.5 Å². The highest BCUT2D eigenvalue weighted by Crippen LogP contribution is 2.26. The van der Waals surface area contributed by atoms with Gasteiger partial charge in [-0.15, -0.1) is 0 Å². The average Bonchev–Trinajstić information content (AvgIpc) is 2.65. The lowest BCUT2D eigenvalue weighted by Gasteiger charge is -2.28. The first-order valence-electron chi connectivity index (χ1n) is 7.93. The van der Waals surface area contributed by atoms with E-state index in [1.807, 2.05) is 12.1 Å². The van der Waals surface area contributed by atoms with Crippen molar-refractivity contribution in [1.82, 2.24) is 4.90 Å². The summed E-state index contributed by atoms with van der Waals surface area (Å²) in [5.74, 6) is 0.0344. The smallest absolute Gasteiger partial charge is 0.337 e. The monoisotopic (exact) mass is 403 g/mol. The summed E-state index contributed by atoms with van der Waals surface area (Å²) >= 11 is 3.35. The third kappa shape index (κ3) is 4.02. The first-order chi connectivity index (χ1) is 12.1. The van der Waals surface area contributed by atoms with Gasteiger partial charge in [0, 0.05) is 13.1 Å². The third-order valence-corrected chi connectivity index (χ3v) is 4.81. The van der Waals surface area contributed by atoms with Crippen LogP contribution in [0.3, 0.4) is 0 Å². The maximum Gasteiger partial charge on any atom is 0.337 e.